The van der Waals surface area contributed by atoms with Crippen molar-refractivity contribution in [2.24, 2.45) is 0 Å². The Balaban J connectivity index is 1.58. The summed E-state index contributed by atoms with van der Waals surface area (Å²) >= 11 is 0. The van der Waals surface area contributed by atoms with Gasteiger partial charge in [-0.15, -0.1) is 0 Å². The van der Waals surface area contributed by atoms with E-state index in [0.717, 1.165) is 43.6 Å². The fourth-order valence-electron chi connectivity index (χ4n) is 4.06. The van der Waals surface area contributed by atoms with E-state index in [1.54, 1.807) is 12.1 Å². The predicted molar refractivity (Wildman–Crippen MR) is 104 cm³/mol. The second-order valence-corrected chi connectivity index (χ2v) is 7.21. The lowest BCUT2D eigenvalue weighted by atomic mass is 9.94. The Hall–Kier alpha value is -2.40. The quantitative estimate of drug-likeness (QED) is 0.820. The molecule has 2 aromatic carbocycles. The summed E-state index contributed by atoms with van der Waals surface area (Å²) in [7, 11) is 0. The summed E-state index contributed by atoms with van der Waals surface area (Å²) in [5.41, 5.74) is 2.64. The van der Waals surface area contributed by atoms with Gasteiger partial charge >= 0.3 is 0 Å². The minimum Gasteiger partial charge on any atom is -0.378 e. The molecule has 2 aliphatic heterocycles. The Morgan fingerprint density at radius 1 is 1.00 bits per heavy atom. The number of likely N-dealkylation sites (tertiary alicyclic amines) is 1. The Morgan fingerprint density at radius 2 is 1.81 bits per heavy atom. The molecule has 0 radical (unpaired) electrons. The average Bonchev–Trinajstić information content (AvgIpc) is 2.74. The van der Waals surface area contributed by atoms with E-state index in [1.165, 1.54) is 6.07 Å². The van der Waals surface area contributed by atoms with Gasteiger partial charge in [0.1, 0.15) is 5.82 Å². The molecular weight excluding hydrogens is 343 g/mol. The van der Waals surface area contributed by atoms with Gasteiger partial charge in [-0.25, -0.2) is 4.39 Å². The van der Waals surface area contributed by atoms with Crippen LogP contribution in [-0.4, -0.2) is 43.7 Å². The number of hydrogen-bond acceptors (Lipinski definition) is 3. The molecule has 2 saturated heterocycles. The van der Waals surface area contributed by atoms with Crippen LogP contribution in [0.2, 0.25) is 0 Å². The van der Waals surface area contributed by atoms with Crippen LogP contribution in [0.15, 0.2) is 48.5 Å². The summed E-state index contributed by atoms with van der Waals surface area (Å²) in [5.74, 6) is -0.223. The highest BCUT2D eigenvalue weighted by Gasteiger charge is 2.29. The minimum atomic E-state index is -0.250. The van der Waals surface area contributed by atoms with Gasteiger partial charge < -0.3 is 14.5 Å². The Bertz CT molecular complexity index is 804. The first-order valence-electron chi connectivity index (χ1n) is 9.71. The molecule has 0 spiro atoms. The van der Waals surface area contributed by atoms with Crippen molar-refractivity contribution in [1.82, 2.24) is 4.90 Å². The molecule has 0 bridgehead atoms. The molecule has 0 unspecified atom stereocenters. The molecule has 27 heavy (non-hydrogen) atoms. The molecule has 0 saturated carbocycles. The van der Waals surface area contributed by atoms with Crippen molar-refractivity contribution < 1.29 is 13.9 Å². The van der Waals surface area contributed by atoms with E-state index >= 15 is 0 Å². The fourth-order valence-corrected chi connectivity index (χ4v) is 4.06. The Kier molecular flexibility index (Phi) is 5.39. The summed E-state index contributed by atoms with van der Waals surface area (Å²) in [4.78, 5) is 17.5. The molecular formula is C22H25FN2O2. The van der Waals surface area contributed by atoms with Crippen molar-refractivity contribution in [2.45, 2.75) is 25.3 Å². The second kappa shape index (κ2) is 8.09. The highest BCUT2D eigenvalue weighted by atomic mass is 19.1. The molecule has 4 nitrogen and oxygen atoms in total. The molecule has 1 amide bonds. The summed E-state index contributed by atoms with van der Waals surface area (Å²) in [5, 5.41) is 0. The van der Waals surface area contributed by atoms with Crippen molar-refractivity contribution in [3.63, 3.8) is 0 Å². The maximum Gasteiger partial charge on any atom is 0.254 e. The Labute approximate surface area is 159 Å². The summed E-state index contributed by atoms with van der Waals surface area (Å²) in [6, 6.07) is 14.4. The van der Waals surface area contributed by atoms with E-state index in [-0.39, 0.29) is 17.8 Å². The van der Waals surface area contributed by atoms with Crippen LogP contribution in [0.25, 0.3) is 0 Å². The van der Waals surface area contributed by atoms with Crippen molar-refractivity contribution in [2.75, 3.05) is 37.7 Å². The van der Waals surface area contributed by atoms with Gasteiger partial charge in [0.2, 0.25) is 0 Å². The van der Waals surface area contributed by atoms with Gasteiger partial charge in [0, 0.05) is 30.9 Å². The van der Waals surface area contributed by atoms with E-state index in [9.17, 15) is 9.18 Å². The number of ether oxygens (including phenoxy) is 1. The lowest BCUT2D eigenvalue weighted by Crippen LogP contribution is -2.39. The monoisotopic (exact) mass is 368 g/mol. The smallest absolute Gasteiger partial charge is 0.254 e. The maximum absolute atomic E-state index is 13.7. The summed E-state index contributed by atoms with van der Waals surface area (Å²) in [6.07, 6.45) is 2.91. The molecule has 0 aromatic heterocycles. The second-order valence-electron chi connectivity index (χ2n) is 7.21. The standard InChI is InChI=1S/C22H25FN2O2/c23-19-7-3-5-17(15-19)21-9-1-2-10-25(21)22(26)18-6-4-8-20(16-18)24-11-13-27-14-12-24/h3-8,15-16,21H,1-2,9-14H2/t21-/m0/s1. The normalized spacial score (nSPS) is 20.6. The zero-order valence-electron chi connectivity index (χ0n) is 15.4. The maximum atomic E-state index is 13.7. The van der Waals surface area contributed by atoms with Gasteiger partial charge in [0.05, 0.1) is 19.3 Å². The molecule has 0 N–H and O–H groups in total. The van der Waals surface area contributed by atoms with E-state index < -0.39 is 0 Å². The Morgan fingerprint density at radius 3 is 2.63 bits per heavy atom. The lowest BCUT2D eigenvalue weighted by molar-refractivity contribution is 0.0611. The van der Waals surface area contributed by atoms with Crippen molar-refractivity contribution in [3.8, 4) is 0 Å². The first-order valence-corrected chi connectivity index (χ1v) is 9.71. The molecule has 142 valence electrons. The van der Waals surface area contributed by atoms with Crippen LogP contribution < -0.4 is 4.90 Å². The average molecular weight is 368 g/mol. The number of amides is 1. The molecule has 2 aliphatic rings. The number of hydrogen-bond donors (Lipinski definition) is 0. The third kappa shape index (κ3) is 3.98. The fraction of sp³-hybridized carbons (Fsp3) is 0.409. The van der Waals surface area contributed by atoms with Crippen molar-refractivity contribution >= 4 is 11.6 Å². The van der Waals surface area contributed by atoms with Crippen molar-refractivity contribution in [3.05, 3.63) is 65.5 Å². The van der Waals surface area contributed by atoms with Crippen LogP contribution in [0.4, 0.5) is 10.1 Å². The molecule has 1 atom stereocenters. The van der Waals surface area contributed by atoms with Gasteiger partial charge in [-0.3, -0.25) is 4.79 Å². The number of rotatable bonds is 3. The zero-order chi connectivity index (χ0) is 18.6. The number of piperidine rings is 1. The van der Waals surface area contributed by atoms with E-state index in [2.05, 4.69) is 4.90 Å². The van der Waals surface area contributed by atoms with Crippen LogP contribution in [0.5, 0.6) is 0 Å². The number of carbonyl (C=O) groups excluding carboxylic acids is 1. The number of morpholine rings is 1. The largest absolute Gasteiger partial charge is 0.378 e. The molecule has 5 heteroatoms. The molecule has 2 aromatic rings. The minimum absolute atomic E-state index is 0.0269. The SMILES string of the molecule is O=C(c1cccc(N2CCOCC2)c1)N1CCCC[C@H]1c1cccc(F)c1. The first kappa shape index (κ1) is 18.0. The summed E-state index contributed by atoms with van der Waals surface area (Å²) in [6.45, 7) is 3.82. The summed E-state index contributed by atoms with van der Waals surface area (Å²) < 4.78 is 19.1. The number of benzene rings is 2. The van der Waals surface area contributed by atoms with Gasteiger partial charge in [-0.2, -0.15) is 0 Å². The van der Waals surface area contributed by atoms with Gasteiger partial charge in [0.15, 0.2) is 0 Å². The predicted octanol–water partition coefficient (Wildman–Crippen LogP) is 4.03. The van der Waals surface area contributed by atoms with Crippen LogP contribution in [0.3, 0.4) is 0 Å². The zero-order valence-corrected chi connectivity index (χ0v) is 15.4. The third-order valence-corrected chi connectivity index (χ3v) is 5.47. The van der Waals surface area contributed by atoms with E-state index in [4.69, 9.17) is 4.74 Å². The number of halogens is 1. The van der Waals surface area contributed by atoms with Crippen LogP contribution in [0.1, 0.15) is 41.2 Å². The molecule has 2 heterocycles. The molecule has 0 aliphatic carbocycles. The lowest BCUT2D eigenvalue weighted by Gasteiger charge is -2.36. The highest BCUT2D eigenvalue weighted by molar-refractivity contribution is 5.95. The van der Waals surface area contributed by atoms with Crippen LogP contribution in [-0.2, 0) is 4.74 Å². The third-order valence-electron chi connectivity index (χ3n) is 5.47. The van der Waals surface area contributed by atoms with Gasteiger partial charge in [-0.05, 0) is 55.2 Å². The number of carbonyl (C=O) groups is 1. The first-order chi connectivity index (χ1) is 13.2. The van der Waals surface area contributed by atoms with Gasteiger partial charge in [-0.1, -0.05) is 18.2 Å². The topological polar surface area (TPSA) is 32.8 Å². The van der Waals surface area contributed by atoms with Gasteiger partial charge in [0.25, 0.3) is 5.91 Å². The van der Waals surface area contributed by atoms with Crippen LogP contribution >= 0.6 is 0 Å². The number of anilines is 1. The van der Waals surface area contributed by atoms with E-state index in [0.29, 0.717) is 25.3 Å². The molecule has 4 rings (SSSR count). The van der Waals surface area contributed by atoms with Crippen LogP contribution in [0, 0.1) is 5.82 Å². The highest BCUT2D eigenvalue weighted by Crippen LogP contribution is 2.33. The van der Waals surface area contributed by atoms with Crippen molar-refractivity contribution in [1.29, 1.82) is 0 Å². The molecule has 2 fully saturated rings. The number of nitrogens with zero attached hydrogens (tertiary/aromatic N) is 2. The van der Waals surface area contributed by atoms with E-state index in [1.807, 2.05) is 35.2 Å².